The van der Waals surface area contributed by atoms with Gasteiger partial charge in [0.2, 0.25) is 5.91 Å². The maximum atomic E-state index is 13.1. The van der Waals surface area contributed by atoms with Crippen LogP contribution in [0.3, 0.4) is 0 Å². The average molecular weight is 387 g/mol. The molecule has 6 heteroatoms. The Labute approximate surface area is 164 Å². The molecule has 0 saturated heterocycles. The number of anilines is 1. The zero-order valence-electron chi connectivity index (χ0n) is 15.7. The number of carbonyl (C=O) groups excluding carboxylic acids is 2. The van der Waals surface area contributed by atoms with E-state index in [0.717, 1.165) is 5.56 Å². The average Bonchev–Trinajstić information content (AvgIpc) is 2.96. The summed E-state index contributed by atoms with van der Waals surface area (Å²) in [5, 5.41) is 3.39. The second-order valence-electron chi connectivity index (χ2n) is 7.07. The summed E-state index contributed by atoms with van der Waals surface area (Å²) >= 11 is 6.06. The normalized spacial score (nSPS) is 14.3. The van der Waals surface area contributed by atoms with E-state index in [-0.39, 0.29) is 17.7 Å². The van der Waals surface area contributed by atoms with Gasteiger partial charge in [0, 0.05) is 17.1 Å². The summed E-state index contributed by atoms with van der Waals surface area (Å²) in [4.78, 5) is 27.6. The summed E-state index contributed by atoms with van der Waals surface area (Å²) < 4.78 is 5.31. The molecular weight excluding hydrogens is 364 g/mol. The molecule has 0 unspecified atom stereocenters. The van der Waals surface area contributed by atoms with Gasteiger partial charge < -0.3 is 15.0 Å². The number of hydrogen-bond acceptors (Lipinski definition) is 3. The Balaban J connectivity index is 1.87. The molecule has 0 saturated carbocycles. The third kappa shape index (κ3) is 4.08. The molecule has 1 heterocycles. The van der Waals surface area contributed by atoms with Crippen LogP contribution in [0.5, 0.6) is 5.75 Å². The van der Waals surface area contributed by atoms with Crippen LogP contribution in [0.15, 0.2) is 42.5 Å². The number of ether oxygens (including phenoxy) is 1. The van der Waals surface area contributed by atoms with Crippen LogP contribution < -0.4 is 10.1 Å². The van der Waals surface area contributed by atoms with Gasteiger partial charge in [-0.3, -0.25) is 9.59 Å². The van der Waals surface area contributed by atoms with Crippen molar-refractivity contribution in [2.24, 2.45) is 5.92 Å². The van der Waals surface area contributed by atoms with E-state index >= 15 is 0 Å². The second-order valence-corrected chi connectivity index (χ2v) is 7.51. The van der Waals surface area contributed by atoms with Gasteiger partial charge in [0.1, 0.15) is 11.8 Å². The maximum absolute atomic E-state index is 13.1. The molecule has 142 valence electrons. The van der Waals surface area contributed by atoms with Crippen LogP contribution in [0.4, 0.5) is 5.69 Å². The fourth-order valence-electron chi connectivity index (χ4n) is 3.34. The standard InChI is InChI=1S/C21H23ClN2O3/c1-13(2)10-18(24-12-14-6-4-5-7-16(14)21(24)26)20(25)23-17-11-15(22)8-9-19(17)27-3/h4-9,11,13,18H,10,12H2,1-3H3,(H,23,25)/t18-/m1/s1. The summed E-state index contributed by atoms with van der Waals surface area (Å²) in [6, 6.07) is 12.0. The molecule has 0 bridgehead atoms. The number of methoxy groups -OCH3 is 1. The Morgan fingerprint density at radius 2 is 2.00 bits per heavy atom. The monoisotopic (exact) mass is 386 g/mol. The Kier molecular flexibility index (Phi) is 5.71. The number of nitrogens with one attached hydrogen (secondary N) is 1. The van der Waals surface area contributed by atoms with Crippen molar-refractivity contribution in [2.45, 2.75) is 32.9 Å². The lowest BCUT2D eigenvalue weighted by Gasteiger charge is -2.28. The minimum absolute atomic E-state index is 0.107. The molecule has 27 heavy (non-hydrogen) atoms. The topological polar surface area (TPSA) is 58.6 Å². The van der Waals surface area contributed by atoms with Gasteiger partial charge in [0.25, 0.3) is 5.91 Å². The number of benzene rings is 2. The zero-order valence-corrected chi connectivity index (χ0v) is 16.4. The highest BCUT2D eigenvalue weighted by molar-refractivity contribution is 6.31. The molecule has 5 nitrogen and oxygen atoms in total. The molecule has 2 aromatic carbocycles. The number of amides is 2. The van der Waals surface area contributed by atoms with Crippen LogP contribution >= 0.6 is 11.6 Å². The van der Waals surface area contributed by atoms with Crippen LogP contribution in [-0.2, 0) is 11.3 Å². The van der Waals surface area contributed by atoms with E-state index in [9.17, 15) is 9.59 Å². The molecule has 1 atom stereocenters. The zero-order chi connectivity index (χ0) is 19.6. The second kappa shape index (κ2) is 8.01. The summed E-state index contributed by atoms with van der Waals surface area (Å²) in [6.45, 7) is 4.51. The van der Waals surface area contributed by atoms with E-state index in [4.69, 9.17) is 16.3 Å². The lowest BCUT2D eigenvalue weighted by Crippen LogP contribution is -2.45. The van der Waals surface area contributed by atoms with Gasteiger partial charge in [-0.1, -0.05) is 43.6 Å². The Hall–Kier alpha value is -2.53. The number of fused-ring (bicyclic) bond motifs is 1. The number of rotatable bonds is 6. The molecule has 2 aromatic rings. The van der Waals surface area contributed by atoms with Crippen molar-refractivity contribution in [3.05, 3.63) is 58.6 Å². The molecule has 0 fully saturated rings. The van der Waals surface area contributed by atoms with E-state index in [2.05, 4.69) is 5.32 Å². The van der Waals surface area contributed by atoms with Gasteiger partial charge in [-0.25, -0.2) is 0 Å². The van der Waals surface area contributed by atoms with Gasteiger partial charge in [-0.05, 0) is 42.2 Å². The van der Waals surface area contributed by atoms with E-state index in [1.54, 1.807) is 23.1 Å². The highest BCUT2D eigenvalue weighted by atomic mass is 35.5. The maximum Gasteiger partial charge on any atom is 0.255 e. The Bertz CT molecular complexity index is 866. The van der Waals surface area contributed by atoms with Crippen molar-refractivity contribution in [3.8, 4) is 5.75 Å². The van der Waals surface area contributed by atoms with Crippen molar-refractivity contribution < 1.29 is 14.3 Å². The summed E-state index contributed by atoms with van der Waals surface area (Å²) in [6.07, 6.45) is 0.564. The van der Waals surface area contributed by atoms with Gasteiger partial charge in [-0.15, -0.1) is 0 Å². The Morgan fingerprint density at radius 1 is 1.26 bits per heavy atom. The highest BCUT2D eigenvalue weighted by Gasteiger charge is 2.36. The van der Waals surface area contributed by atoms with Crippen LogP contribution in [0.1, 0.15) is 36.2 Å². The van der Waals surface area contributed by atoms with Crippen molar-refractivity contribution in [3.63, 3.8) is 0 Å². The van der Waals surface area contributed by atoms with E-state index in [0.29, 0.717) is 35.0 Å². The third-order valence-electron chi connectivity index (χ3n) is 4.64. The summed E-state index contributed by atoms with van der Waals surface area (Å²) in [7, 11) is 1.53. The predicted molar refractivity (Wildman–Crippen MR) is 106 cm³/mol. The minimum Gasteiger partial charge on any atom is -0.495 e. The quantitative estimate of drug-likeness (QED) is 0.802. The summed E-state index contributed by atoms with van der Waals surface area (Å²) in [5.41, 5.74) is 2.11. The SMILES string of the molecule is COc1ccc(Cl)cc1NC(=O)[C@@H](CC(C)C)N1Cc2ccccc2C1=O. The first kappa shape index (κ1) is 19.2. The van der Waals surface area contributed by atoms with E-state index in [1.807, 2.05) is 38.1 Å². The first-order chi connectivity index (χ1) is 12.9. The number of hydrogen-bond donors (Lipinski definition) is 1. The molecular formula is C21H23ClN2O3. The third-order valence-corrected chi connectivity index (χ3v) is 4.88. The number of nitrogens with zero attached hydrogens (tertiary/aromatic N) is 1. The van der Waals surface area contributed by atoms with Crippen LogP contribution in [-0.4, -0.2) is 29.9 Å². The van der Waals surface area contributed by atoms with Crippen LogP contribution in [0.25, 0.3) is 0 Å². The van der Waals surface area contributed by atoms with E-state index < -0.39 is 6.04 Å². The van der Waals surface area contributed by atoms with Crippen molar-refractivity contribution in [1.29, 1.82) is 0 Å². The lowest BCUT2D eigenvalue weighted by atomic mass is 10.0. The van der Waals surface area contributed by atoms with E-state index in [1.165, 1.54) is 7.11 Å². The summed E-state index contributed by atoms with van der Waals surface area (Å²) in [5.74, 6) is 0.417. The van der Waals surface area contributed by atoms with Gasteiger partial charge in [0.05, 0.1) is 12.8 Å². The van der Waals surface area contributed by atoms with Crippen LogP contribution in [0.2, 0.25) is 5.02 Å². The largest absolute Gasteiger partial charge is 0.495 e. The molecule has 0 spiro atoms. The molecule has 0 radical (unpaired) electrons. The van der Waals surface area contributed by atoms with Crippen molar-refractivity contribution in [2.75, 3.05) is 12.4 Å². The predicted octanol–water partition coefficient (Wildman–Crippen LogP) is 4.36. The van der Waals surface area contributed by atoms with Crippen LogP contribution in [0, 0.1) is 5.92 Å². The molecule has 2 amide bonds. The number of halogens is 1. The van der Waals surface area contributed by atoms with Gasteiger partial charge in [0.15, 0.2) is 0 Å². The minimum atomic E-state index is -0.575. The van der Waals surface area contributed by atoms with Crippen molar-refractivity contribution in [1.82, 2.24) is 4.90 Å². The first-order valence-corrected chi connectivity index (χ1v) is 9.31. The first-order valence-electron chi connectivity index (χ1n) is 8.94. The molecule has 3 rings (SSSR count). The van der Waals surface area contributed by atoms with Gasteiger partial charge in [-0.2, -0.15) is 0 Å². The molecule has 0 aliphatic carbocycles. The fraction of sp³-hybridized carbons (Fsp3) is 0.333. The highest BCUT2D eigenvalue weighted by Crippen LogP contribution is 2.30. The molecule has 1 aliphatic heterocycles. The molecule has 0 aromatic heterocycles. The smallest absolute Gasteiger partial charge is 0.255 e. The fourth-order valence-corrected chi connectivity index (χ4v) is 3.52. The lowest BCUT2D eigenvalue weighted by molar-refractivity contribution is -0.121. The molecule has 1 aliphatic rings. The van der Waals surface area contributed by atoms with Gasteiger partial charge >= 0.3 is 0 Å². The Morgan fingerprint density at radius 3 is 2.67 bits per heavy atom. The number of carbonyl (C=O) groups is 2. The molecule has 1 N–H and O–H groups in total. The van der Waals surface area contributed by atoms with Crippen molar-refractivity contribution >= 4 is 29.1 Å².